The second kappa shape index (κ2) is 10.5. The Morgan fingerprint density at radius 1 is 1.07 bits per heavy atom. The third kappa shape index (κ3) is 8.06. The van der Waals surface area contributed by atoms with Crippen LogP contribution >= 0.6 is 0 Å². The van der Waals surface area contributed by atoms with Crippen LogP contribution in [-0.4, -0.2) is 36.0 Å². The average molecular weight is 383 g/mol. The van der Waals surface area contributed by atoms with Gasteiger partial charge in [0.2, 0.25) is 0 Å². The van der Waals surface area contributed by atoms with Gasteiger partial charge in [-0.15, -0.1) is 0 Å². The third-order valence-electron chi connectivity index (χ3n) is 3.73. The Morgan fingerprint density at radius 3 is 2.15 bits per heavy atom. The van der Waals surface area contributed by atoms with Crippen molar-refractivity contribution >= 4 is 18.0 Å². The van der Waals surface area contributed by atoms with Crippen LogP contribution in [0.5, 0.6) is 0 Å². The van der Waals surface area contributed by atoms with Crippen molar-refractivity contribution in [3.05, 3.63) is 35.6 Å². The molecule has 8 heteroatoms. The number of carbonyl (C=O) groups is 3. The first-order valence-corrected chi connectivity index (χ1v) is 8.72. The Hall–Kier alpha value is -2.64. The summed E-state index contributed by atoms with van der Waals surface area (Å²) >= 11 is 0. The van der Waals surface area contributed by atoms with Gasteiger partial charge in [-0.25, -0.2) is 9.18 Å². The highest BCUT2D eigenvalue weighted by Gasteiger charge is 2.25. The second-order valence-electron chi connectivity index (χ2n) is 6.84. The molecule has 0 aliphatic rings. The monoisotopic (exact) mass is 383 g/mol. The summed E-state index contributed by atoms with van der Waals surface area (Å²) in [6.07, 6.45) is -2.13. The van der Waals surface area contributed by atoms with Gasteiger partial charge in [-0.1, -0.05) is 39.8 Å². The number of hydrogen-bond donors (Lipinski definition) is 2. The van der Waals surface area contributed by atoms with Gasteiger partial charge in [-0.2, -0.15) is 0 Å². The molecule has 1 amide bonds. The van der Waals surface area contributed by atoms with Crippen LogP contribution < -0.4 is 5.32 Å². The van der Waals surface area contributed by atoms with Crippen molar-refractivity contribution in [1.82, 2.24) is 5.32 Å². The number of carboxylic acids is 1. The molecule has 0 heterocycles. The second-order valence-corrected chi connectivity index (χ2v) is 6.84. The number of aliphatic carboxylic acids is 1. The van der Waals surface area contributed by atoms with Gasteiger partial charge in [0, 0.05) is 18.4 Å². The lowest BCUT2D eigenvalue weighted by molar-refractivity contribution is -0.178. The molecule has 0 saturated carbocycles. The zero-order chi connectivity index (χ0) is 20.6. The van der Waals surface area contributed by atoms with Crippen LogP contribution in [0.3, 0.4) is 0 Å². The van der Waals surface area contributed by atoms with Crippen molar-refractivity contribution in [2.45, 2.75) is 46.3 Å². The van der Waals surface area contributed by atoms with Crippen LogP contribution in [0.1, 0.15) is 45.6 Å². The fourth-order valence-corrected chi connectivity index (χ4v) is 2.15. The van der Waals surface area contributed by atoms with Crippen molar-refractivity contribution in [2.24, 2.45) is 11.8 Å². The number of nitrogens with one attached hydrogen (secondary N) is 1. The van der Waals surface area contributed by atoms with Gasteiger partial charge >= 0.3 is 18.0 Å². The Balaban J connectivity index is 2.70. The van der Waals surface area contributed by atoms with Crippen molar-refractivity contribution < 1.29 is 33.4 Å². The molecule has 0 bridgehead atoms. The molecule has 0 saturated heterocycles. The molecule has 1 aromatic carbocycles. The maximum Gasteiger partial charge on any atom is 0.410 e. The van der Waals surface area contributed by atoms with E-state index in [1.54, 1.807) is 27.7 Å². The molecule has 0 radical (unpaired) electrons. The van der Waals surface area contributed by atoms with E-state index in [0.29, 0.717) is 5.56 Å². The minimum atomic E-state index is -1.05. The summed E-state index contributed by atoms with van der Waals surface area (Å²) in [5, 5.41) is 11.5. The van der Waals surface area contributed by atoms with E-state index in [9.17, 15) is 18.8 Å². The first-order chi connectivity index (χ1) is 12.6. The first-order valence-electron chi connectivity index (χ1n) is 8.72. The van der Waals surface area contributed by atoms with E-state index in [2.05, 4.69) is 5.32 Å². The highest BCUT2D eigenvalue weighted by Crippen LogP contribution is 2.20. The normalized spacial score (nSPS) is 13.1. The SMILES string of the molecule is CC(C)C(=O)O[C@H](OC(=O)NC[C@H](CC(=O)O)c1ccc(F)cc1)C(C)C. The molecule has 0 unspecified atom stereocenters. The zero-order valence-corrected chi connectivity index (χ0v) is 15.9. The predicted molar refractivity (Wildman–Crippen MR) is 95.4 cm³/mol. The fourth-order valence-electron chi connectivity index (χ4n) is 2.15. The van der Waals surface area contributed by atoms with Crippen LogP contribution in [-0.2, 0) is 19.1 Å². The number of ether oxygens (including phenoxy) is 2. The fraction of sp³-hybridized carbons (Fsp3) is 0.526. The maximum absolute atomic E-state index is 13.1. The highest BCUT2D eigenvalue weighted by molar-refractivity contribution is 5.72. The van der Waals surface area contributed by atoms with Crippen LogP contribution in [0.25, 0.3) is 0 Å². The topological polar surface area (TPSA) is 102 Å². The summed E-state index contributed by atoms with van der Waals surface area (Å²) in [5.41, 5.74) is 0.575. The van der Waals surface area contributed by atoms with E-state index >= 15 is 0 Å². The van der Waals surface area contributed by atoms with Crippen molar-refractivity contribution in [1.29, 1.82) is 0 Å². The lowest BCUT2D eigenvalue weighted by atomic mass is 9.96. The number of alkyl carbamates (subject to hydrolysis) is 1. The lowest BCUT2D eigenvalue weighted by Gasteiger charge is -2.23. The molecule has 1 aromatic rings. The molecule has 7 nitrogen and oxygen atoms in total. The molecule has 2 N–H and O–H groups in total. The summed E-state index contributed by atoms with van der Waals surface area (Å²) < 4.78 is 23.4. The Labute approximate surface area is 157 Å². The summed E-state index contributed by atoms with van der Waals surface area (Å²) in [4.78, 5) is 34.8. The summed E-state index contributed by atoms with van der Waals surface area (Å²) in [6.45, 7) is 6.77. The van der Waals surface area contributed by atoms with Crippen LogP contribution in [0.4, 0.5) is 9.18 Å². The van der Waals surface area contributed by atoms with Gasteiger partial charge in [0.25, 0.3) is 6.29 Å². The maximum atomic E-state index is 13.1. The zero-order valence-electron chi connectivity index (χ0n) is 15.9. The minimum Gasteiger partial charge on any atom is -0.481 e. The van der Waals surface area contributed by atoms with Crippen molar-refractivity contribution in [3.8, 4) is 0 Å². The van der Waals surface area contributed by atoms with E-state index in [1.165, 1.54) is 24.3 Å². The van der Waals surface area contributed by atoms with E-state index in [-0.39, 0.29) is 24.8 Å². The molecule has 0 aromatic heterocycles. The molecule has 0 aliphatic carbocycles. The molecule has 1 rings (SSSR count). The Morgan fingerprint density at radius 2 is 1.67 bits per heavy atom. The number of halogens is 1. The van der Waals surface area contributed by atoms with Gasteiger partial charge in [-0.3, -0.25) is 9.59 Å². The summed E-state index contributed by atoms with van der Waals surface area (Å²) in [7, 11) is 0. The summed E-state index contributed by atoms with van der Waals surface area (Å²) in [6, 6.07) is 5.39. The van der Waals surface area contributed by atoms with Crippen molar-refractivity contribution in [3.63, 3.8) is 0 Å². The van der Waals surface area contributed by atoms with E-state index in [4.69, 9.17) is 14.6 Å². The number of carbonyl (C=O) groups excluding carboxylic acids is 2. The third-order valence-corrected chi connectivity index (χ3v) is 3.73. The molecular formula is C19H26FNO6. The summed E-state index contributed by atoms with van der Waals surface area (Å²) in [5.74, 6) is -3.16. The molecular weight excluding hydrogens is 357 g/mol. The number of esters is 1. The molecule has 150 valence electrons. The first kappa shape index (κ1) is 22.4. The van der Waals surface area contributed by atoms with Crippen molar-refractivity contribution in [2.75, 3.05) is 6.54 Å². The number of benzene rings is 1. The molecule has 2 atom stereocenters. The largest absolute Gasteiger partial charge is 0.481 e. The minimum absolute atomic E-state index is 0.0281. The van der Waals surface area contributed by atoms with Crippen LogP contribution in [0.15, 0.2) is 24.3 Å². The smallest absolute Gasteiger partial charge is 0.410 e. The molecule has 27 heavy (non-hydrogen) atoms. The van der Waals surface area contributed by atoms with E-state index < -0.39 is 36.1 Å². The van der Waals surface area contributed by atoms with Gasteiger partial charge in [0.05, 0.1) is 12.3 Å². The highest BCUT2D eigenvalue weighted by atomic mass is 19.1. The number of hydrogen-bond acceptors (Lipinski definition) is 5. The van der Waals surface area contributed by atoms with E-state index in [1.807, 2.05) is 0 Å². The number of amides is 1. The Bertz CT molecular complexity index is 644. The van der Waals surface area contributed by atoms with Gasteiger partial charge in [-0.05, 0) is 17.7 Å². The molecule has 0 spiro atoms. The quantitative estimate of drug-likeness (QED) is 0.501. The van der Waals surface area contributed by atoms with E-state index in [0.717, 1.165) is 0 Å². The standard InChI is InChI=1S/C19H26FNO6/c1-11(2)17(24)26-18(12(3)4)27-19(25)21-10-14(9-16(22)23)13-5-7-15(20)8-6-13/h5-8,11-12,14,18H,9-10H2,1-4H3,(H,21,25)(H,22,23)/t14-,18+/m0/s1. The van der Waals surface area contributed by atoms with Gasteiger partial charge in [0.15, 0.2) is 0 Å². The average Bonchev–Trinajstić information content (AvgIpc) is 2.58. The van der Waals surface area contributed by atoms with Gasteiger partial charge in [0.1, 0.15) is 5.82 Å². The number of carboxylic acid groups (broad SMARTS) is 1. The van der Waals surface area contributed by atoms with Gasteiger partial charge < -0.3 is 19.9 Å². The van der Waals surface area contributed by atoms with Crippen LogP contribution in [0, 0.1) is 17.7 Å². The lowest BCUT2D eigenvalue weighted by Crippen LogP contribution is -2.37. The Kier molecular flexibility index (Phi) is 8.71. The molecule has 0 fully saturated rings. The number of rotatable bonds is 9. The molecule has 0 aliphatic heterocycles. The predicted octanol–water partition coefficient (Wildman–Crippen LogP) is 3.29. The van der Waals surface area contributed by atoms with Crippen LogP contribution in [0.2, 0.25) is 0 Å².